The number of aliphatic hydroxyl groups is 1. The molecule has 0 bridgehead atoms. The van der Waals surface area contributed by atoms with Gasteiger partial charge in [0.25, 0.3) is 11.8 Å². The number of esters is 1. The molecule has 0 spiro atoms. The van der Waals surface area contributed by atoms with Gasteiger partial charge in [-0.15, -0.1) is 0 Å². The Balaban J connectivity index is 3.16. The van der Waals surface area contributed by atoms with Gasteiger partial charge < -0.3 is 24.5 Å². The van der Waals surface area contributed by atoms with Crippen LogP contribution in [-0.2, 0) is 19.1 Å². The molecule has 0 aromatic rings. The first-order chi connectivity index (χ1) is 17.5. The van der Waals surface area contributed by atoms with Gasteiger partial charge in [0.1, 0.15) is 23.6 Å². The number of allylic oxidation sites excluding steroid dienone is 3. The summed E-state index contributed by atoms with van der Waals surface area (Å²) >= 11 is 0. The maximum absolute atomic E-state index is 13.4. The molecule has 0 aliphatic carbocycles. The van der Waals surface area contributed by atoms with Crippen LogP contribution in [0.4, 0.5) is 0 Å². The Kier molecular flexibility index (Phi) is 12.1. The predicted molar refractivity (Wildman–Crippen MR) is 152 cm³/mol. The van der Waals surface area contributed by atoms with Gasteiger partial charge in [0.05, 0.1) is 12.0 Å². The SMILES string of the molecule is CCCCN1C(=O)C(=C/C(O)=C/C=C/N(CCOC(=O)C(C)(C)C)C(C)(C)C)C(=O)N(CCCC)C1(C)C. The number of hydrogen-bond donors (Lipinski definition) is 1. The third-order valence-electron chi connectivity index (χ3n) is 6.61. The van der Waals surface area contributed by atoms with Gasteiger partial charge in [0.15, 0.2) is 0 Å². The number of carbonyl (C=O) groups is 3. The molecule has 0 radical (unpaired) electrons. The maximum Gasteiger partial charge on any atom is 0.311 e. The first kappa shape index (κ1) is 33.3. The van der Waals surface area contributed by atoms with Crippen LogP contribution in [0, 0.1) is 5.41 Å². The van der Waals surface area contributed by atoms with Gasteiger partial charge in [-0.05, 0) is 92.7 Å². The van der Waals surface area contributed by atoms with E-state index >= 15 is 0 Å². The van der Waals surface area contributed by atoms with Crippen molar-refractivity contribution < 1.29 is 24.2 Å². The second-order valence-electron chi connectivity index (χ2n) is 12.4. The van der Waals surface area contributed by atoms with Crippen LogP contribution >= 0.6 is 0 Å². The second kappa shape index (κ2) is 13.9. The molecule has 216 valence electrons. The summed E-state index contributed by atoms with van der Waals surface area (Å²) in [7, 11) is 0. The summed E-state index contributed by atoms with van der Waals surface area (Å²) in [5, 5.41) is 10.6. The summed E-state index contributed by atoms with van der Waals surface area (Å²) in [6.07, 6.45) is 9.71. The quantitative estimate of drug-likeness (QED) is 0.116. The third kappa shape index (κ3) is 9.21. The molecular formula is C30H51N3O5. The number of unbranched alkanes of at least 4 members (excludes halogenated alkanes) is 2. The molecule has 1 N–H and O–H groups in total. The van der Waals surface area contributed by atoms with Crippen molar-refractivity contribution >= 4 is 17.8 Å². The van der Waals surface area contributed by atoms with E-state index in [9.17, 15) is 19.5 Å². The first-order valence-electron chi connectivity index (χ1n) is 13.9. The van der Waals surface area contributed by atoms with E-state index in [1.165, 1.54) is 12.2 Å². The van der Waals surface area contributed by atoms with Crippen LogP contribution in [-0.4, -0.2) is 75.0 Å². The standard InChI is InChI=1S/C30H51N3O5/c1-11-13-18-32-25(35)24(26(36)33(19-14-12-2)30(32,9)10)22-23(34)16-15-17-31(29(6,7)8)20-21-38-27(37)28(3,4)5/h15-17,22,34H,11-14,18-21H2,1-10H3/b17-15+,23-16-. The van der Waals surface area contributed by atoms with Gasteiger partial charge in [-0.25, -0.2) is 0 Å². The average Bonchev–Trinajstić information content (AvgIpc) is 2.79. The Bertz CT molecular complexity index is 887. The predicted octanol–water partition coefficient (Wildman–Crippen LogP) is 5.57. The number of nitrogens with zero attached hydrogens (tertiary/aromatic N) is 3. The first-order valence-corrected chi connectivity index (χ1v) is 13.9. The fourth-order valence-electron chi connectivity index (χ4n) is 4.06. The Morgan fingerprint density at radius 3 is 1.89 bits per heavy atom. The molecular weight excluding hydrogens is 482 g/mol. The molecule has 1 aliphatic rings. The van der Waals surface area contributed by atoms with Crippen LogP contribution in [0.3, 0.4) is 0 Å². The summed E-state index contributed by atoms with van der Waals surface area (Å²) in [6, 6.07) is 0. The van der Waals surface area contributed by atoms with Gasteiger partial charge in [-0.1, -0.05) is 26.7 Å². The lowest BCUT2D eigenvalue weighted by molar-refractivity contribution is -0.160. The highest BCUT2D eigenvalue weighted by Crippen LogP contribution is 2.31. The Morgan fingerprint density at radius 1 is 0.974 bits per heavy atom. The second-order valence-corrected chi connectivity index (χ2v) is 12.4. The van der Waals surface area contributed by atoms with E-state index < -0.39 is 11.1 Å². The lowest BCUT2D eigenvalue weighted by Gasteiger charge is -2.50. The number of carbonyl (C=O) groups excluding carboxylic acids is 3. The van der Waals surface area contributed by atoms with Crippen LogP contribution in [0.2, 0.25) is 0 Å². The number of ether oxygens (including phenoxy) is 1. The monoisotopic (exact) mass is 533 g/mol. The molecule has 1 aliphatic heterocycles. The lowest BCUT2D eigenvalue weighted by Crippen LogP contribution is -2.66. The molecule has 0 saturated carbocycles. The molecule has 8 nitrogen and oxygen atoms in total. The van der Waals surface area contributed by atoms with Gasteiger partial charge in [-0.3, -0.25) is 14.4 Å². The number of aliphatic hydroxyl groups excluding tert-OH is 1. The van der Waals surface area contributed by atoms with Crippen molar-refractivity contribution in [2.24, 2.45) is 5.41 Å². The van der Waals surface area contributed by atoms with E-state index in [0.717, 1.165) is 25.7 Å². The highest BCUT2D eigenvalue weighted by molar-refractivity contribution is 6.20. The van der Waals surface area contributed by atoms with E-state index in [-0.39, 0.29) is 41.3 Å². The van der Waals surface area contributed by atoms with Crippen molar-refractivity contribution in [3.8, 4) is 0 Å². The van der Waals surface area contributed by atoms with Crippen molar-refractivity contribution in [3.05, 3.63) is 35.8 Å². The lowest BCUT2D eigenvalue weighted by atomic mass is 9.97. The zero-order valence-electron chi connectivity index (χ0n) is 25.4. The van der Waals surface area contributed by atoms with Crippen LogP contribution in [0.5, 0.6) is 0 Å². The maximum atomic E-state index is 13.4. The summed E-state index contributed by atoms with van der Waals surface area (Å²) in [6.45, 7) is 21.3. The molecule has 38 heavy (non-hydrogen) atoms. The Morgan fingerprint density at radius 2 is 1.47 bits per heavy atom. The number of amides is 2. The normalized spacial score (nSPS) is 16.9. The minimum atomic E-state index is -0.737. The molecule has 1 rings (SSSR count). The van der Waals surface area contributed by atoms with E-state index in [4.69, 9.17) is 4.74 Å². The fourth-order valence-corrected chi connectivity index (χ4v) is 4.06. The fraction of sp³-hybridized carbons (Fsp3) is 0.700. The minimum Gasteiger partial charge on any atom is -0.508 e. The van der Waals surface area contributed by atoms with E-state index in [1.54, 1.807) is 22.1 Å². The van der Waals surface area contributed by atoms with Crippen molar-refractivity contribution in [1.82, 2.24) is 14.7 Å². The van der Waals surface area contributed by atoms with Crippen LogP contribution in [0.1, 0.15) is 94.9 Å². The molecule has 0 atom stereocenters. The van der Waals surface area contributed by atoms with Crippen molar-refractivity contribution in [1.29, 1.82) is 0 Å². The van der Waals surface area contributed by atoms with E-state index in [0.29, 0.717) is 19.6 Å². The van der Waals surface area contributed by atoms with Crippen LogP contribution in [0.25, 0.3) is 0 Å². The molecule has 1 saturated heterocycles. The topological polar surface area (TPSA) is 90.4 Å². The molecule has 0 unspecified atom stereocenters. The summed E-state index contributed by atoms with van der Waals surface area (Å²) in [5.74, 6) is -1.16. The summed E-state index contributed by atoms with van der Waals surface area (Å²) in [4.78, 5) is 44.3. The highest BCUT2D eigenvalue weighted by Gasteiger charge is 2.47. The van der Waals surface area contributed by atoms with Crippen molar-refractivity contribution in [2.75, 3.05) is 26.2 Å². The Hall–Kier alpha value is -2.77. The molecule has 0 aromatic heterocycles. The number of hydrogen-bond acceptors (Lipinski definition) is 6. The molecule has 2 amide bonds. The van der Waals surface area contributed by atoms with Gasteiger partial charge >= 0.3 is 5.97 Å². The zero-order valence-corrected chi connectivity index (χ0v) is 25.4. The van der Waals surface area contributed by atoms with E-state index in [2.05, 4.69) is 13.8 Å². The van der Waals surface area contributed by atoms with Gasteiger partial charge in [0, 0.05) is 18.6 Å². The zero-order chi connectivity index (χ0) is 29.3. The summed E-state index contributed by atoms with van der Waals surface area (Å²) in [5.41, 5.74) is -1.59. The van der Waals surface area contributed by atoms with Gasteiger partial charge in [0.2, 0.25) is 0 Å². The largest absolute Gasteiger partial charge is 0.508 e. The average molecular weight is 534 g/mol. The van der Waals surface area contributed by atoms with E-state index in [1.807, 2.05) is 60.3 Å². The van der Waals surface area contributed by atoms with Gasteiger partial charge in [-0.2, -0.15) is 0 Å². The summed E-state index contributed by atoms with van der Waals surface area (Å²) < 4.78 is 5.40. The third-order valence-corrected chi connectivity index (χ3v) is 6.61. The number of rotatable bonds is 12. The molecule has 0 aromatic carbocycles. The Labute approximate surface area is 230 Å². The molecule has 1 heterocycles. The molecule has 8 heteroatoms. The van der Waals surface area contributed by atoms with Crippen LogP contribution < -0.4 is 0 Å². The highest BCUT2D eigenvalue weighted by atomic mass is 16.5. The van der Waals surface area contributed by atoms with Crippen LogP contribution in [0.15, 0.2) is 35.8 Å². The molecule has 1 fully saturated rings. The minimum absolute atomic E-state index is 0.0274. The smallest absolute Gasteiger partial charge is 0.311 e. The van der Waals surface area contributed by atoms with Crippen molar-refractivity contribution in [3.63, 3.8) is 0 Å². The van der Waals surface area contributed by atoms with Crippen molar-refractivity contribution in [2.45, 2.75) is 106 Å².